The van der Waals surface area contributed by atoms with E-state index in [2.05, 4.69) is 10.2 Å². The van der Waals surface area contributed by atoms with Crippen molar-refractivity contribution in [3.8, 4) is 0 Å². The molecule has 6 rings (SSSR count). The van der Waals surface area contributed by atoms with Gasteiger partial charge in [0, 0.05) is 11.2 Å². The van der Waals surface area contributed by atoms with E-state index in [0.29, 0.717) is 6.54 Å². The Morgan fingerprint density at radius 2 is 1.59 bits per heavy atom. The maximum absolute atomic E-state index is 13.1. The van der Waals surface area contributed by atoms with E-state index in [1.807, 2.05) is 12.1 Å². The van der Waals surface area contributed by atoms with Gasteiger partial charge in [0.25, 0.3) is 5.91 Å². The van der Waals surface area contributed by atoms with E-state index in [1.165, 1.54) is 55.6 Å². The number of nitrogens with zero attached hydrogens (tertiary/aromatic N) is 1. The molecule has 2 N–H and O–H groups in total. The summed E-state index contributed by atoms with van der Waals surface area (Å²) in [6.07, 6.45) is 7.89. The van der Waals surface area contributed by atoms with E-state index in [0.717, 1.165) is 49.6 Å². The summed E-state index contributed by atoms with van der Waals surface area (Å²) in [5, 5.41) is 3.51. The van der Waals surface area contributed by atoms with Crippen molar-refractivity contribution in [3.63, 3.8) is 0 Å². The van der Waals surface area contributed by atoms with Crippen LogP contribution in [0.5, 0.6) is 0 Å². The normalized spacial score (nSPS) is 35.4. The van der Waals surface area contributed by atoms with Crippen LogP contribution in [0.3, 0.4) is 0 Å². The third-order valence-corrected chi connectivity index (χ3v) is 7.52. The first-order valence-electron chi connectivity index (χ1n) is 10.7. The van der Waals surface area contributed by atoms with Gasteiger partial charge in [-0.3, -0.25) is 4.79 Å². The molecule has 4 saturated carbocycles. The number of nitrogens with one attached hydrogen (secondary N) is 2. The second kappa shape index (κ2) is 6.77. The van der Waals surface area contributed by atoms with Crippen LogP contribution in [0.25, 0.3) is 0 Å². The Balaban J connectivity index is 1.13. The number of hydrogen-bond donors (Lipinski definition) is 2. The zero-order valence-corrected chi connectivity index (χ0v) is 16.1. The molecule has 5 fully saturated rings. The van der Waals surface area contributed by atoms with E-state index >= 15 is 0 Å². The minimum atomic E-state index is -0.190. The van der Waals surface area contributed by atoms with Crippen LogP contribution in [0.1, 0.15) is 38.5 Å². The fraction of sp³-hybridized carbons (Fsp3) is 0.682. The number of benzene rings is 1. The number of piperazine rings is 1. The number of carbonyl (C=O) groups excluding carboxylic acids is 1. The molecule has 1 aliphatic heterocycles. The van der Waals surface area contributed by atoms with Crippen LogP contribution in [0, 0.1) is 23.6 Å². The van der Waals surface area contributed by atoms with Crippen molar-refractivity contribution in [1.82, 2.24) is 5.32 Å². The minimum absolute atomic E-state index is 0.126. The molecule has 4 bridgehead atoms. The number of carbonyl (C=O) groups is 1. The average Bonchev–Trinajstić information content (AvgIpc) is 2.61. The molecule has 4 aliphatic carbocycles. The van der Waals surface area contributed by atoms with Crippen LogP contribution in [0.15, 0.2) is 24.3 Å². The van der Waals surface area contributed by atoms with Crippen molar-refractivity contribution in [2.75, 3.05) is 37.6 Å². The number of amides is 1. The monoisotopic (exact) mass is 372 g/mol. The molecule has 0 aromatic heterocycles. The summed E-state index contributed by atoms with van der Waals surface area (Å²) in [7, 11) is 0. The van der Waals surface area contributed by atoms with E-state index in [1.54, 1.807) is 0 Å². The summed E-state index contributed by atoms with van der Waals surface area (Å²) in [6.45, 7) is 4.37. The molecule has 146 valence electrons. The molecule has 5 heteroatoms. The fourth-order valence-electron chi connectivity index (χ4n) is 6.74. The SMILES string of the molecule is O=C(C[NH+]1CCN(c2ccc(F)cc2)CC1)NC12CC3CC(CC(C3)C1)C2. The highest BCUT2D eigenvalue weighted by atomic mass is 19.1. The zero-order chi connectivity index (χ0) is 18.4. The molecule has 1 aromatic rings. The first-order chi connectivity index (χ1) is 13.1. The second-order valence-corrected chi connectivity index (χ2v) is 9.64. The molecule has 0 spiro atoms. The van der Waals surface area contributed by atoms with E-state index in [4.69, 9.17) is 0 Å². The maximum atomic E-state index is 13.1. The summed E-state index contributed by atoms with van der Waals surface area (Å²) >= 11 is 0. The fourth-order valence-corrected chi connectivity index (χ4v) is 6.74. The van der Waals surface area contributed by atoms with Gasteiger partial charge >= 0.3 is 0 Å². The Morgan fingerprint density at radius 3 is 2.15 bits per heavy atom. The summed E-state index contributed by atoms with van der Waals surface area (Å²) in [5.41, 5.74) is 1.20. The maximum Gasteiger partial charge on any atom is 0.275 e. The summed E-state index contributed by atoms with van der Waals surface area (Å²) < 4.78 is 13.1. The van der Waals surface area contributed by atoms with Crippen molar-refractivity contribution in [1.29, 1.82) is 0 Å². The lowest BCUT2D eigenvalue weighted by Gasteiger charge is -2.56. The third kappa shape index (κ3) is 3.58. The molecule has 5 aliphatic rings. The van der Waals surface area contributed by atoms with Crippen LogP contribution in [-0.2, 0) is 4.79 Å². The predicted octanol–water partition coefficient (Wildman–Crippen LogP) is 1.62. The Hall–Kier alpha value is -1.62. The van der Waals surface area contributed by atoms with Crippen LogP contribution >= 0.6 is 0 Å². The smallest absolute Gasteiger partial charge is 0.275 e. The molecule has 1 aromatic carbocycles. The molecule has 1 saturated heterocycles. The number of rotatable bonds is 4. The van der Waals surface area contributed by atoms with Gasteiger partial charge in [-0.25, -0.2) is 4.39 Å². The lowest BCUT2D eigenvalue weighted by atomic mass is 9.53. The highest BCUT2D eigenvalue weighted by Crippen LogP contribution is 2.55. The van der Waals surface area contributed by atoms with Gasteiger partial charge in [-0.2, -0.15) is 0 Å². The Kier molecular flexibility index (Phi) is 4.38. The topological polar surface area (TPSA) is 36.8 Å². The van der Waals surface area contributed by atoms with Crippen molar-refractivity contribution >= 4 is 11.6 Å². The van der Waals surface area contributed by atoms with E-state index in [9.17, 15) is 9.18 Å². The van der Waals surface area contributed by atoms with Gasteiger partial charge in [0.1, 0.15) is 5.82 Å². The first-order valence-corrected chi connectivity index (χ1v) is 10.7. The number of halogens is 1. The second-order valence-electron chi connectivity index (χ2n) is 9.64. The van der Waals surface area contributed by atoms with Crippen molar-refractivity contribution in [2.24, 2.45) is 17.8 Å². The molecule has 1 heterocycles. The van der Waals surface area contributed by atoms with Crippen molar-refractivity contribution in [2.45, 2.75) is 44.1 Å². The quantitative estimate of drug-likeness (QED) is 0.843. The lowest BCUT2D eigenvalue weighted by Crippen LogP contribution is -3.16. The minimum Gasteiger partial charge on any atom is -0.360 e. The molecule has 0 atom stereocenters. The standard InChI is InChI=1S/C22H30FN3O/c23-19-1-3-20(4-2-19)26-7-5-25(6-8-26)15-21(27)24-22-12-16-9-17(13-22)11-18(10-16)14-22/h1-4,16-18H,5-15H2,(H,24,27)/p+1. The van der Waals surface area contributed by atoms with Crippen LogP contribution in [0.4, 0.5) is 10.1 Å². The highest BCUT2D eigenvalue weighted by molar-refractivity contribution is 5.77. The highest BCUT2D eigenvalue weighted by Gasteiger charge is 2.51. The molecule has 4 nitrogen and oxygen atoms in total. The Bertz CT molecular complexity index is 661. The van der Waals surface area contributed by atoms with Crippen molar-refractivity contribution < 1.29 is 14.1 Å². The lowest BCUT2D eigenvalue weighted by molar-refractivity contribution is -0.892. The largest absolute Gasteiger partial charge is 0.360 e. The van der Waals surface area contributed by atoms with Crippen LogP contribution in [0.2, 0.25) is 0 Å². The predicted molar refractivity (Wildman–Crippen MR) is 103 cm³/mol. The number of anilines is 1. The van der Waals surface area contributed by atoms with Gasteiger partial charge in [-0.15, -0.1) is 0 Å². The van der Waals surface area contributed by atoms with E-state index in [-0.39, 0.29) is 17.3 Å². The van der Waals surface area contributed by atoms with Gasteiger partial charge in [-0.1, -0.05) is 0 Å². The van der Waals surface area contributed by atoms with Crippen molar-refractivity contribution in [3.05, 3.63) is 30.1 Å². The van der Waals surface area contributed by atoms with Crippen LogP contribution < -0.4 is 15.1 Å². The third-order valence-electron chi connectivity index (χ3n) is 7.52. The Labute approximate surface area is 161 Å². The average molecular weight is 373 g/mol. The van der Waals surface area contributed by atoms with Gasteiger partial charge < -0.3 is 15.1 Å². The van der Waals surface area contributed by atoms with Gasteiger partial charge in [0.2, 0.25) is 0 Å². The summed E-state index contributed by atoms with van der Waals surface area (Å²) in [5.74, 6) is 2.65. The molecular weight excluding hydrogens is 341 g/mol. The van der Waals surface area contributed by atoms with E-state index < -0.39 is 0 Å². The molecule has 0 radical (unpaired) electrons. The summed E-state index contributed by atoms with van der Waals surface area (Å²) in [4.78, 5) is 16.5. The van der Waals surface area contributed by atoms with Gasteiger partial charge in [0.15, 0.2) is 6.54 Å². The van der Waals surface area contributed by atoms with Crippen LogP contribution in [-0.4, -0.2) is 44.2 Å². The van der Waals surface area contributed by atoms with Gasteiger partial charge in [0.05, 0.1) is 26.2 Å². The molecule has 0 unspecified atom stereocenters. The molecule has 1 amide bonds. The first kappa shape index (κ1) is 17.5. The Morgan fingerprint density at radius 1 is 1.04 bits per heavy atom. The van der Waals surface area contributed by atoms with Gasteiger partial charge in [-0.05, 0) is 80.5 Å². The molecule has 27 heavy (non-hydrogen) atoms. The number of hydrogen-bond acceptors (Lipinski definition) is 2. The zero-order valence-electron chi connectivity index (χ0n) is 16.1. The number of quaternary nitrogens is 1. The summed E-state index contributed by atoms with van der Waals surface area (Å²) in [6, 6.07) is 6.74. The molecular formula is C22H31FN3O+.